The van der Waals surface area contributed by atoms with E-state index >= 15 is 0 Å². The number of carbonyl (C=O) groups is 1. The van der Waals surface area contributed by atoms with Gasteiger partial charge in [-0.05, 0) is 36.3 Å². The van der Waals surface area contributed by atoms with Crippen molar-refractivity contribution in [2.45, 2.75) is 13.5 Å². The number of anilines is 1. The van der Waals surface area contributed by atoms with Crippen molar-refractivity contribution >= 4 is 17.7 Å². The Kier molecular flexibility index (Phi) is 4.87. The van der Waals surface area contributed by atoms with Crippen LogP contribution < -0.4 is 5.32 Å². The number of nitrogens with zero attached hydrogens (tertiary/aromatic N) is 2. The van der Waals surface area contributed by atoms with E-state index in [-0.39, 0.29) is 5.91 Å². The van der Waals surface area contributed by atoms with Crippen LogP contribution in [0.1, 0.15) is 16.7 Å². The van der Waals surface area contributed by atoms with Crippen LogP contribution in [0.2, 0.25) is 0 Å². The van der Waals surface area contributed by atoms with E-state index in [2.05, 4.69) is 10.4 Å². The quantitative estimate of drug-likeness (QED) is 0.726. The van der Waals surface area contributed by atoms with E-state index < -0.39 is 0 Å². The topological polar surface area (TPSA) is 46.9 Å². The lowest BCUT2D eigenvalue weighted by Crippen LogP contribution is -2.11. The Bertz CT molecular complexity index is 851. The molecule has 0 saturated carbocycles. The Hall–Kier alpha value is -3.14. The van der Waals surface area contributed by atoms with Crippen molar-refractivity contribution in [2.75, 3.05) is 5.32 Å². The molecule has 0 fully saturated rings. The number of nitrogens with one attached hydrogen (secondary N) is 1. The SMILES string of the molecule is Cc1cccc(/C=C/C(=O)Nc2ccccc2Cn2cccn2)c1. The Labute approximate surface area is 141 Å². The van der Waals surface area contributed by atoms with Crippen molar-refractivity contribution in [3.63, 3.8) is 0 Å². The second kappa shape index (κ2) is 7.42. The van der Waals surface area contributed by atoms with Crippen LogP contribution in [0.25, 0.3) is 6.08 Å². The summed E-state index contributed by atoms with van der Waals surface area (Å²) in [7, 11) is 0. The molecule has 0 atom stereocenters. The predicted octanol–water partition coefficient (Wildman–Crippen LogP) is 3.89. The van der Waals surface area contributed by atoms with Crippen LogP contribution in [0.15, 0.2) is 73.1 Å². The average molecular weight is 317 g/mol. The maximum Gasteiger partial charge on any atom is 0.248 e. The highest BCUT2D eigenvalue weighted by atomic mass is 16.1. The smallest absolute Gasteiger partial charge is 0.248 e. The highest BCUT2D eigenvalue weighted by Crippen LogP contribution is 2.16. The fourth-order valence-corrected chi connectivity index (χ4v) is 2.47. The van der Waals surface area contributed by atoms with Crippen LogP contribution >= 0.6 is 0 Å². The first kappa shape index (κ1) is 15.7. The lowest BCUT2D eigenvalue weighted by Gasteiger charge is -2.10. The second-order valence-electron chi connectivity index (χ2n) is 5.60. The van der Waals surface area contributed by atoms with Crippen LogP contribution in [0.4, 0.5) is 5.69 Å². The standard InChI is InChI=1S/C20H19N3O/c1-16-6-4-7-17(14-16)10-11-20(24)22-19-9-3-2-8-18(19)15-23-13-5-12-21-23/h2-14H,15H2,1H3,(H,22,24)/b11-10+. The molecule has 0 aliphatic heterocycles. The third-order valence-corrected chi connectivity index (χ3v) is 3.64. The Morgan fingerprint density at radius 1 is 1.17 bits per heavy atom. The minimum atomic E-state index is -0.149. The van der Waals surface area contributed by atoms with Crippen LogP contribution in [-0.2, 0) is 11.3 Å². The molecule has 0 aliphatic carbocycles. The van der Waals surface area contributed by atoms with Crippen molar-refractivity contribution in [2.24, 2.45) is 0 Å². The normalized spacial score (nSPS) is 10.9. The van der Waals surface area contributed by atoms with Gasteiger partial charge < -0.3 is 5.32 Å². The number of benzene rings is 2. The van der Waals surface area contributed by atoms with Gasteiger partial charge in [0.15, 0.2) is 0 Å². The Morgan fingerprint density at radius 2 is 2.04 bits per heavy atom. The monoisotopic (exact) mass is 317 g/mol. The lowest BCUT2D eigenvalue weighted by molar-refractivity contribution is -0.111. The molecule has 0 spiro atoms. The summed E-state index contributed by atoms with van der Waals surface area (Å²) in [4.78, 5) is 12.2. The Morgan fingerprint density at radius 3 is 2.83 bits per heavy atom. The van der Waals surface area contributed by atoms with Gasteiger partial charge in [-0.1, -0.05) is 48.0 Å². The van der Waals surface area contributed by atoms with Crippen LogP contribution in [0.3, 0.4) is 0 Å². The lowest BCUT2D eigenvalue weighted by atomic mass is 10.1. The van der Waals surface area contributed by atoms with Gasteiger partial charge in [0, 0.05) is 24.2 Å². The van der Waals surface area contributed by atoms with Crippen LogP contribution in [0, 0.1) is 6.92 Å². The van der Waals surface area contributed by atoms with Crippen molar-refractivity contribution < 1.29 is 4.79 Å². The van der Waals surface area contributed by atoms with Gasteiger partial charge in [-0.25, -0.2) is 0 Å². The van der Waals surface area contributed by atoms with Gasteiger partial charge in [-0.15, -0.1) is 0 Å². The van der Waals surface area contributed by atoms with Crippen molar-refractivity contribution in [1.82, 2.24) is 9.78 Å². The van der Waals surface area contributed by atoms with Crippen molar-refractivity contribution in [3.05, 3.63) is 89.8 Å². The highest BCUT2D eigenvalue weighted by Gasteiger charge is 2.05. The summed E-state index contributed by atoms with van der Waals surface area (Å²) in [5.41, 5.74) is 3.99. The molecule has 120 valence electrons. The number of para-hydroxylation sites is 1. The summed E-state index contributed by atoms with van der Waals surface area (Å²) >= 11 is 0. The summed E-state index contributed by atoms with van der Waals surface area (Å²) in [5, 5.41) is 7.15. The first-order valence-corrected chi connectivity index (χ1v) is 7.82. The molecule has 2 aromatic carbocycles. The number of amides is 1. The molecule has 1 heterocycles. The summed E-state index contributed by atoms with van der Waals surface area (Å²) < 4.78 is 1.83. The van der Waals surface area contributed by atoms with E-state index in [1.807, 2.05) is 78.5 Å². The van der Waals surface area contributed by atoms with Gasteiger partial charge in [0.2, 0.25) is 5.91 Å². The number of carbonyl (C=O) groups excluding carboxylic acids is 1. The fourth-order valence-electron chi connectivity index (χ4n) is 2.47. The number of aryl methyl sites for hydroxylation is 1. The van der Waals surface area contributed by atoms with Crippen molar-refractivity contribution in [3.8, 4) is 0 Å². The molecular weight excluding hydrogens is 298 g/mol. The van der Waals surface area contributed by atoms with Gasteiger partial charge in [-0.3, -0.25) is 9.48 Å². The predicted molar refractivity (Wildman–Crippen MR) is 96.6 cm³/mol. The molecular formula is C20H19N3O. The first-order chi connectivity index (χ1) is 11.7. The molecule has 0 saturated heterocycles. The van der Waals surface area contributed by atoms with E-state index in [0.717, 1.165) is 16.8 Å². The number of hydrogen-bond donors (Lipinski definition) is 1. The van der Waals surface area contributed by atoms with Gasteiger partial charge in [0.25, 0.3) is 0 Å². The summed E-state index contributed by atoms with van der Waals surface area (Å²) in [6, 6.07) is 17.7. The molecule has 3 rings (SSSR count). The van der Waals surface area contributed by atoms with Crippen LogP contribution in [0.5, 0.6) is 0 Å². The van der Waals surface area contributed by atoms with E-state index in [9.17, 15) is 4.79 Å². The zero-order chi connectivity index (χ0) is 16.8. The third-order valence-electron chi connectivity index (χ3n) is 3.64. The average Bonchev–Trinajstić information content (AvgIpc) is 3.08. The Balaban J connectivity index is 1.70. The van der Waals surface area contributed by atoms with E-state index in [1.165, 1.54) is 5.56 Å². The second-order valence-corrected chi connectivity index (χ2v) is 5.60. The number of aromatic nitrogens is 2. The summed E-state index contributed by atoms with van der Waals surface area (Å²) in [6.45, 7) is 2.65. The maximum absolute atomic E-state index is 12.2. The molecule has 0 radical (unpaired) electrons. The molecule has 1 amide bonds. The van der Waals surface area contributed by atoms with Crippen molar-refractivity contribution in [1.29, 1.82) is 0 Å². The van der Waals surface area contributed by atoms with E-state index in [1.54, 1.807) is 12.3 Å². The van der Waals surface area contributed by atoms with Gasteiger partial charge in [-0.2, -0.15) is 5.10 Å². The molecule has 24 heavy (non-hydrogen) atoms. The fraction of sp³-hybridized carbons (Fsp3) is 0.100. The molecule has 0 bridgehead atoms. The summed E-state index contributed by atoms with van der Waals surface area (Å²) in [6.07, 6.45) is 7.01. The molecule has 4 heteroatoms. The minimum Gasteiger partial charge on any atom is -0.322 e. The molecule has 4 nitrogen and oxygen atoms in total. The van der Waals surface area contributed by atoms with E-state index in [0.29, 0.717) is 6.54 Å². The zero-order valence-corrected chi connectivity index (χ0v) is 13.5. The third kappa shape index (κ3) is 4.20. The van der Waals surface area contributed by atoms with Gasteiger partial charge >= 0.3 is 0 Å². The molecule has 0 unspecified atom stereocenters. The maximum atomic E-state index is 12.2. The van der Waals surface area contributed by atoms with Crippen LogP contribution in [-0.4, -0.2) is 15.7 Å². The highest BCUT2D eigenvalue weighted by molar-refractivity contribution is 6.02. The van der Waals surface area contributed by atoms with E-state index in [4.69, 9.17) is 0 Å². The molecule has 3 aromatic rings. The number of hydrogen-bond acceptors (Lipinski definition) is 2. The minimum absolute atomic E-state index is 0.149. The molecule has 0 aliphatic rings. The first-order valence-electron chi connectivity index (χ1n) is 7.82. The summed E-state index contributed by atoms with van der Waals surface area (Å²) in [5.74, 6) is -0.149. The van der Waals surface area contributed by atoms with Gasteiger partial charge in [0.05, 0.1) is 6.54 Å². The molecule has 1 aromatic heterocycles. The van der Waals surface area contributed by atoms with Gasteiger partial charge in [0.1, 0.15) is 0 Å². The largest absolute Gasteiger partial charge is 0.322 e. The number of rotatable bonds is 5. The molecule has 1 N–H and O–H groups in total. The zero-order valence-electron chi connectivity index (χ0n) is 13.5.